The van der Waals surface area contributed by atoms with E-state index in [9.17, 15) is 9.59 Å². The third kappa shape index (κ3) is 4.82. The number of hydrogen-bond donors (Lipinski definition) is 1. The number of benzene rings is 2. The van der Waals surface area contributed by atoms with Crippen LogP contribution in [0.5, 0.6) is 11.5 Å². The number of carbonyl (C=O) groups is 2. The Balaban J connectivity index is 1.25. The van der Waals surface area contributed by atoms with E-state index in [1.165, 1.54) is 0 Å². The van der Waals surface area contributed by atoms with Crippen LogP contribution in [0.1, 0.15) is 38.1 Å². The maximum Gasteiger partial charge on any atom is 0.344 e. The van der Waals surface area contributed by atoms with Crippen LogP contribution in [0.15, 0.2) is 52.9 Å². The van der Waals surface area contributed by atoms with Crippen molar-refractivity contribution in [2.24, 2.45) is 0 Å². The highest BCUT2D eigenvalue weighted by Crippen LogP contribution is 2.41. The van der Waals surface area contributed by atoms with Gasteiger partial charge in [-0.05, 0) is 39.0 Å². The molecule has 31 heavy (non-hydrogen) atoms. The van der Waals surface area contributed by atoms with Crippen LogP contribution in [-0.4, -0.2) is 30.7 Å². The van der Waals surface area contributed by atoms with Crippen molar-refractivity contribution in [3.63, 3.8) is 0 Å². The van der Waals surface area contributed by atoms with Crippen molar-refractivity contribution in [2.45, 2.75) is 38.8 Å². The topological polar surface area (TPSA) is 87.0 Å². The van der Waals surface area contributed by atoms with Gasteiger partial charge in [-0.1, -0.05) is 30.3 Å². The molecule has 0 fully saturated rings. The lowest BCUT2D eigenvalue weighted by atomic mass is 10.0. The van der Waals surface area contributed by atoms with Crippen LogP contribution in [0.25, 0.3) is 11.0 Å². The van der Waals surface area contributed by atoms with E-state index in [0.29, 0.717) is 17.3 Å². The molecule has 1 aromatic heterocycles. The Kier molecular flexibility index (Phi) is 5.59. The van der Waals surface area contributed by atoms with E-state index in [1.807, 2.05) is 56.3 Å². The van der Waals surface area contributed by atoms with E-state index in [2.05, 4.69) is 5.32 Å². The Morgan fingerprint density at radius 2 is 1.94 bits per heavy atom. The Hall–Kier alpha value is -3.48. The zero-order valence-electron chi connectivity index (χ0n) is 17.8. The molecule has 162 valence electrons. The molecule has 1 amide bonds. The molecule has 2 heterocycles. The predicted molar refractivity (Wildman–Crippen MR) is 114 cm³/mol. The van der Waals surface area contributed by atoms with Gasteiger partial charge in [0, 0.05) is 17.4 Å². The number of fused-ring (bicyclic) bond motifs is 2. The average molecular weight is 423 g/mol. The summed E-state index contributed by atoms with van der Waals surface area (Å²) in [4.78, 5) is 24.2. The first-order chi connectivity index (χ1) is 14.8. The van der Waals surface area contributed by atoms with Gasteiger partial charge in [-0.15, -0.1) is 0 Å². The van der Waals surface area contributed by atoms with Crippen LogP contribution < -0.4 is 14.8 Å². The Labute approximate surface area is 180 Å². The summed E-state index contributed by atoms with van der Waals surface area (Å²) in [7, 11) is 0. The molecule has 7 heteroatoms. The fourth-order valence-corrected chi connectivity index (χ4v) is 3.60. The number of furan rings is 1. The Bertz CT molecular complexity index is 1080. The fourth-order valence-electron chi connectivity index (χ4n) is 3.60. The molecule has 1 aliphatic heterocycles. The van der Waals surface area contributed by atoms with Crippen molar-refractivity contribution in [1.29, 1.82) is 0 Å². The van der Waals surface area contributed by atoms with Gasteiger partial charge in [-0.25, -0.2) is 4.79 Å². The number of para-hydroxylation sites is 2. The summed E-state index contributed by atoms with van der Waals surface area (Å²) in [6.07, 6.45) is 0.771. The number of amides is 1. The summed E-state index contributed by atoms with van der Waals surface area (Å²) < 4.78 is 22.3. The molecular weight excluding hydrogens is 398 g/mol. The molecule has 0 saturated heterocycles. The monoisotopic (exact) mass is 423 g/mol. The van der Waals surface area contributed by atoms with Crippen molar-refractivity contribution >= 4 is 22.8 Å². The number of esters is 1. The highest BCUT2D eigenvalue weighted by atomic mass is 16.6. The second-order valence-corrected chi connectivity index (χ2v) is 8.21. The van der Waals surface area contributed by atoms with Crippen LogP contribution >= 0.6 is 0 Å². The minimum atomic E-state index is -0.638. The van der Waals surface area contributed by atoms with E-state index in [1.54, 1.807) is 13.0 Å². The summed E-state index contributed by atoms with van der Waals surface area (Å²) in [6.45, 7) is 5.08. The number of hydrogen-bond acceptors (Lipinski definition) is 6. The quantitative estimate of drug-likeness (QED) is 0.579. The van der Waals surface area contributed by atoms with Crippen LogP contribution in [0.4, 0.5) is 0 Å². The van der Waals surface area contributed by atoms with Gasteiger partial charge in [0.15, 0.2) is 24.7 Å². The van der Waals surface area contributed by atoms with Crippen LogP contribution in [0, 0.1) is 0 Å². The standard InChI is InChI=1S/C24H25NO6/c1-15(20-11-16-7-4-5-9-18(16)30-20)25-21(26)13-29-22(27)14-28-19-10-6-8-17-12-24(2,3)31-23(17)19/h4-11,15H,12-14H2,1-3H3,(H,25,26)/t15-/m0/s1. The van der Waals surface area contributed by atoms with E-state index < -0.39 is 18.5 Å². The number of rotatable bonds is 7. The van der Waals surface area contributed by atoms with Crippen molar-refractivity contribution < 1.29 is 28.2 Å². The molecule has 2 aromatic carbocycles. The van der Waals surface area contributed by atoms with Gasteiger partial charge in [0.25, 0.3) is 5.91 Å². The predicted octanol–water partition coefficient (Wildman–Crippen LogP) is 3.95. The third-order valence-electron chi connectivity index (χ3n) is 5.01. The number of nitrogens with one attached hydrogen (secondary N) is 1. The SMILES string of the molecule is C[C@H](NC(=O)COC(=O)COc1cccc2c1OC(C)(C)C2)c1cc2ccccc2o1. The molecule has 1 N–H and O–H groups in total. The molecule has 0 aliphatic carbocycles. The van der Waals surface area contributed by atoms with Gasteiger partial charge in [-0.3, -0.25) is 4.79 Å². The fraction of sp³-hybridized carbons (Fsp3) is 0.333. The lowest BCUT2D eigenvalue weighted by molar-refractivity contribution is -0.150. The summed E-state index contributed by atoms with van der Waals surface area (Å²) in [5.74, 6) is 0.708. The van der Waals surface area contributed by atoms with Crippen LogP contribution in [0.2, 0.25) is 0 Å². The summed E-state index contributed by atoms with van der Waals surface area (Å²) in [5, 5.41) is 3.72. The zero-order valence-corrected chi connectivity index (χ0v) is 17.8. The highest BCUT2D eigenvalue weighted by molar-refractivity contribution is 5.82. The van der Waals surface area contributed by atoms with Gasteiger partial charge in [0.2, 0.25) is 0 Å². The summed E-state index contributed by atoms with van der Waals surface area (Å²) in [5.41, 5.74) is 1.48. The lowest BCUT2D eigenvalue weighted by Gasteiger charge is -2.18. The summed E-state index contributed by atoms with van der Waals surface area (Å²) >= 11 is 0. The van der Waals surface area contributed by atoms with E-state index in [0.717, 1.165) is 23.0 Å². The van der Waals surface area contributed by atoms with Gasteiger partial charge < -0.3 is 23.9 Å². The molecule has 3 aromatic rings. The van der Waals surface area contributed by atoms with Gasteiger partial charge in [-0.2, -0.15) is 0 Å². The molecule has 1 aliphatic rings. The van der Waals surface area contributed by atoms with Gasteiger partial charge >= 0.3 is 5.97 Å². The maximum atomic E-state index is 12.2. The van der Waals surface area contributed by atoms with E-state index in [4.69, 9.17) is 18.6 Å². The van der Waals surface area contributed by atoms with Crippen molar-refractivity contribution in [1.82, 2.24) is 5.32 Å². The number of ether oxygens (including phenoxy) is 3. The van der Waals surface area contributed by atoms with Crippen molar-refractivity contribution in [3.8, 4) is 11.5 Å². The zero-order chi connectivity index (χ0) is 22.0. The lowest BCUT2D eigenvalue weighted by Crippen LogP contribution is -2.31. The first-order valence-corrected chi connectivity index (χ1v) is 10.2. The third-order valence-corrected chi connectivity index (χ3v) is 5.01. The second kappa shape index (κ2) is 8.34. The highest BCUT2D eigenvalue weighted by Gasteiger charge is 2.32. The molecule has 0 radical (unpaired) electrons. The Morgan fingerprint density at radius 1 is 1.13 bits per heavy atom. The summed E-state index contributed by atoms with van der Waals surface area (Å²) in [6, 6.07) is 14.7. The molecule has 0 spiro atoms. The molecule has 1 atom stereocenters. The largest absolute Gasteiger partial charge is 0.483 e. The minimum Gasteiger partial charge on any atom is -0.483 e. The molecule has 7 nitrogen and oxygen atoms in total. The second-order valence-electron chi connectivity index (χ2n) is 8.21. The average Bonchev–Trinajstić information content (AvgIpc) is 3.30. The van der Waals surface area contributed by atoms with Crippen molar-refractivity contribution in [2.75, 3.05) is 13.2 Å². The number of carbonyl (C=O) groups excluding carboxylic acids is 2. The first kappa shape index (κ1) is 20.8. The maximum absolute atomic E-state index is 12.2. The normalized spacial score (nSPS) is 15.1. The smallest absolute Gasteiger partial charge is 0.344 e. The molecular formula is C24H25NO6. The first-order valence-electron chi connectivity index (χ1n) is 10.2. The van der Waals surface area contributed by atoms with Crippen LogP contribution in [0.3, 0.4) is 0 Å². The van der Waals surface area contributed by atoms with E-state index >= 15 is 0 Å². The van der Waals surface area contributed by atoms with Crippen LogP contribution in [-0.2, 0) is 20.7 Å². The molecule has 0 saturated carbocycles. The molecule has 4 rings (SSSR count). The minimum absolute atomic E-state index is 0.309. The molecule has 0 bridgehead atoms. The Morgan fingerprint density at radius 3 is 2.74 bits per heavy atom. The van der Waals surface area contributed by atoms with Gasteiger partial charge in [0.05, 0.1) is 6.04 Å². The van der Waals surface area contributed by atoms with Gasteiger partial charge in [0.1, 0.15) is 16.9 Å². The van der Waals surface area contributed by atoms with E-state index in [-0.39, 0.29) is 18.2 Å². The van der Waals surface area contributed by atoms with Crippen molar-refractivity contribution in [3.05, 3.63) is 59.9 Å². The molecule has 0 unspecified atom stereocenters.